The molecule has 2 unspecified atom stereocenters. The molecule has 2 saturated heterocycles. The van der Waals surface area contributed by atoms with Gasteiger partial charge in [0.2, 0.25) is 17.7 Å². The Morgan fingerprint density at radius 2 is 1.83 bits per heavy atom. The highest BCUT2D eigenvalue weighted by molar-refractivity contribution is 5.99. The van der Waals surface area contributed by atoms with E-state index in [2.05, 4.69) is 5.32 Å². The quantitative estimate of drug-likeness (QED) is 0.511. The van der Waals surface area contributed by atoms with Crippen LogP contribution >= 0.6 is 0 Å². The molecule has 0 bridgehead atoms. The zero-order chi connectivity index (χ0) is 25.7. The number of ether oxygens (including phenoxy) is 1. The maximum absolute atomic E-state index is 13.3. The van der Waals surface area contributed by atoms with E-state index in [1.165, 1.54) is 0 Å². The van der Waals surface area contributed by atoms with Crippen molar-refractivity contribution in [3.63, 3.8) is 0 Å². The second kappa shape index (κ2) is 11.2. The fourth-order valence-corrected chi connectivity index (χ4v) is 4.69. The minimum absolute atomic E-state index is 0.105. The van der Waals surface area contributed by atoms with Crippen LogP contribution in [0.25, 0.3) is 0 Å². The van der Waals surface area contributed by atoms with Gasteiger partial charge in [-0.2, -0.15) is 0 Å². The molecule has 4 N–H and O–H groups in total. The van der Waals surface area contributed by atoms with Crippen LogP contribution in [0.4, 0.5) is 17.1 Å². The van der Waals surface area contributed by atoms with Crippen molar-refractivity contribution in [1.29, 1.82) is 0 Å². The summed E-state index contributed by atoms with van der Waals surface area (Å²) in [5.74, 6) is -1.78. The first-order chi connectivity index (χ1) is 17.3. The number of nitrogens with two attached hydrogens (primary N) is 1. The molecule has 0 spiro atoms. The number of hydrogen-bond acceptors (Lipinski definition) is 6. The molecule has 2 aliphatic heterocycles. The number of nitrogens with one attached hydrogen (secondary N) is 1. The molecule has 0 aliphatic carbocycles. The SMILES string of the molecule is NC(=O)c1cccc(N2CC(OCC(=O)O)CCC2C(=O)Nc2ccc(N3CCCCC3=O)cc2)c1. The lowest BCUT2D eigenvalue weighted by molar-refractivity contribution is -0.144. The lowest BCUT2D eigenvalue weighted by atomic mass is 9.97. The highest BCUT2D eigenvalue weighted by Crippen LogP contribution is 2.29. The third-order valence-electron chi connectivity index (χ3n) is 6.52. The lowest BCUT2D eigenvalue weighted by Gasteiger charge is -2.40. The topological polar surface area (TPSA) is 142 Å². The number of carbonyl (C=O) groups is 4. The van der Waals surface area contributed by atoms with Crippen molar-refractivity contribution in [3.8, 4) is 0 Å². The molecule has 0 saturated carbocycles. The number of nitrogens with zero attached hydrogens (tertiary/aromatic N) is 2. The Morgan fingerprint density at radius 1 is 1.06 bits per heavy atom. The predicted octanol–water partition coefficient (Wildman–Crippen LogP) is 2.38. The summed E-state index contributed by atoms with van der Waals surface area (Å²) >= 11 is 0. The normalized spacial score (nSPS) is 20.2. The van der Waals surface area contributed by atoms with Gasteiger partial charge in [0.1, 0.15) is 12.6 Å². The van der Waals surface area contributed by atoms with Crippen LogP contribution in [0.15, 0.2) is 48.5 Å². The van der Waals surface area contributed by atoms with Crippen LogP contribution in [0.1, 0.15) is 42.5 Å². The number of anilines is 3. The molecular formula is C26H30N4O6. The molecule has 2 aromatic carbocycles. The Kier molecular flexibility index (Phi) is 7.84. The third-order valence-corrected chi connectivity index (χ3v) is 6.52. The number of carboxylic acids is 1. The minimum atomic E-state index is -1.06. The smallest absolute Gasteiger partial charge is 0.329 e. The van der Waals surface area contributed by atoms with Gasteiger partial charge in [0, 0.05) is 42.1 Å². The van der Waals surface area contributed by atoms with E-state index in [4.69, 9.17) is 15.6 Å². The minimum Gasteiger partial charge on any atom is -0.480 e. The zero-order valence-corrected chi connectivity index (χ0v) is 19.9. The Hall–Kier alpha value is -3.92. The van der Waals surface area contributed by atoms with Crippen molar-refractivity contribution < 1.29 is 29.0 Å². The van der Waals surface area contributed by atoms with E-state index >= 15 is 0 Å². The van der Waals surface area contributed by atoms with Crippen molar-refractivity contribution in [3.05, 3.63) is 54.1 Å². The Labute approximate surface area is 209 Å². The van der Waals surface area contributed by atoms with E-state index in [1.54, 1.807) is 41.3 Å². The molecule has 10 heteroatoms. The molecule has 2 heterocycles. The average molecular weight is 495 g/mol. The largest absolute Gasteiger partial charge is 0.480 e. The van der Waals surface area contributed by atoms with Crippen LogP contribution < -0.4 is 20.9 Å². The van der Waals surface area contributed by atoms with Crippen molar-refractivity contribution in [2.45, 2.75) is 44.2 Å². The van der Waals surface area contributed by atoms with Crippen LogP contribution in [0.3, 0.4) is 0 Å². The molecule has 36 heavy (non-hydrogen) atoms. The zero-order valence-electron chi connectivity index (χ0n) is 19.9. The molecule has 3 amide bonds. The highest BCUT2D eigenvalue weighted by Gasteiger charge is 2.34. The van der Waals surface area contributed by atoms with E-state index in [1.807, 2.05) is 17.0 Å². The predicted molar refractivity (Wildman–Crippen MR) is 134 cm³/mol. The summed E-state index contributed by atoms with van der Waals surface area (Å²) < 4.78 is 5.50. The van der Waals surface area contributed by atoms with Gasteiger partial charge >= 0.3 is 5.97 Å². The van der Waals surface area contributed by atoms with Crippen molar-refractivity contribution >= 4 is 40.8 Å². The summed E-state index contributed by atoms with van der Waals surface area (Å²) in [6, 6.07) is 13.3. The van der Waals surface area contributed by atoms with Crippen LogP contribution in [-0.2, 0) is 19.1 Å². The van der Waals surface area contributed by atoms with Crippen LogP contribution in [0.2, 0.25) is 0 Å². The van der Waals surface area contributed by atoms with Gasteiger partial charge in [-0.3, -0.25) is 14.4 Å². The third kappa shape index (κ3) is 6.01. The summed E-state index contributed by atoms with van der Waals surface area (Å²) in [7, 11) is 0. The maximum Gasteiger partial charge on any atom is 0.329 e. The van der Waals surface area contributed by atoms with Crippen molar-refractivity contribution in [1.82, 2.24) is 0 Å². The highest BCUT2D eigenvalue weighted by atomic mass is 16.5. The van der Waals surface area contributed by atoms with Crippen LogP contribution in [0, 0.1) is 0 Å². The maximum atomic E-state index is 13.3. The first-order valence-corrected chi connectivity index (χ1v) is 12.0. The van der Waals surface area contributed by atoms with E-state index in [0.29, 0.717) is 42.7 Å². The van der Waals surface area contributed by atoms with Gasteiger partial charge in [-0.25, -0.2) is 4.79 Å². The Morgan fingerprint density at radius 3 is 2.53 bits per heavy atom. The fourth-order valence-electron chi connectivity index (χ4n) is 4.69. The van der Waals surface area contributed by atoms with E-state index in [0.717, 1.165) is 18.5 Å². The van der Waals surface area contributed by atoms with E-state index in [-0.39, 0.29) is 24.5 Å². The second-order valence-electron chi connectivity index (χ2n) is 9.03. The van der Waals surface area contributed by atoms with Gasteiger partial charge in [0.25, 0.3) is 0 Å². The number of carbonyl (C=O) groups excluding carboxylic acids is 3. The van der Waals surface area contributed by atoms with Gasteiger partial charge in [0.15, 0.2) is 0 Å². The molecule has 0 aromatic heterocycles. The van der Waals surface area contributed by atoms with Gasteiger partial charge in [-0.15, -0.1) is 0 Å². The number of hydrogen-bond donors (Lipinski definition) is 3. The number of primary amides is 1. The Bertz CT molecular complexity index is 1140. The molecule has 190 valence electrons. The van der Waals surface area contributed by atoms with Crippen molar-refractivity contribution in [2.75, 3.05) is 34.8 Å². The summed E-state index contributed by atoms with van der Waals surface area (Å²) in [6.07, 6.45) is 2.97. The summed E-state index contributed by atoms with van der Waals surface area (Å²) in [5.41, 5.74) is 7.77. The van der Waals surface area contributed by atoms with Gasteiger partial charge < -0.3 is 30.7 Å². The first-order valence-electron chi connectivity index (χ1n) is 12.0. The Balaban J connectivity index is 1.50. The molecule has 2 aliphatic rings. The number of piperidine rings is 2. The van der Waals surface area contributed by atoms with E-state index in [9.17, 15) is 19.2 Å². The molecule has 10 nitrogen and oxygen atoms in total. The average Bonchev–Trinajstić information content (AvgIpc) is 2.88. The van der Waals surface area contributed by atoms with Crippen LogP contribution in [-0.4, -0.2) is 60.6 Å². The number of rotatable bonds is 8. The van der Waals surface area contributed by atoms with Gasteiger partial charge in [-0.05, 0) is 68.1 Å². The van der Waals surface area contributed by atoms with Crippen molar-refractivity contribution in [2.24, 2.45) is 5.73 Å². The fraction of sp³-hybridized carbons (Fsp3) is 0.385. The summed E-state index contributed by atoms with van der Waals surface area (Å²) in [5, 5.41) is 11.9. The number of carboxylic acid groups (broad SMARTS) is 1. The molecule has 2 aromatic rings. The molecule has 0 radical (unpaired) electrons. The molecule has 2 fully saturated rings. The monoisotopic (exact) mass is 494 g/mol. The standard InChI is InChI=1S/C26H30N4O6/c27-25(34)17-4-3-5-20(14-17)30-15-21(36-16-24(32)33)11-12-22(30)26(35)28-18-7-9-19(10-8-18)29-13-2-1-6-23(29)31/h3-5,7-10,14,21-22H,1-2,6,11-13,15-16H2,(H2,27,34)(H,28,35)(H,32,33). The van der Waals surface area contributed by atoms with Crippen LogP contribution in [0.5, 0.6) is 0 Å². The number of benzene rings is 2. The summed E-state index contributed by atoms with van der Waals surface area (Å²) in [6.45, 7) is 0.545. The second-order valence-corrected chi connectivity index (χ2v) is 9.03. The number of amides is 3. The van der Waals surface area contributed by atoms with E-state index < -0.39 is 24.5 Å². The van der Waals surface area contributed by atoms with Gasteiger partial charge in [0.05, 0.1) is 6.10 Å². The van der Waals surface area contributed by atoms with Gasteiger partial charge in [-0.1, -0.05) is 6.07 Å². The number of aliphatic carboxylic acids is 1. The first kappa shape index (κ1) is 25.2. The molecular weight excluding hydrogens is 464 g/mol. The molecule has 2 atom stereocenters. The molecule has 4 rings (SSSR count). The summed E-state index contributed by atoms with van der Waals surface area (Å²) in [4.78, 5) is 51.8. The lowest BCUT2D eigenvalue weighted by Crippen LogP contribution is -2.52.